The number of hydrogen-bond acceptors (Lipinski definition) is 3. The molecule has 122 valence electrons. The maximum absolute atomic E-state index is 13.7. The Labute approximate surface area is 137 Å². The molecule has 0 saturated carbocycles. The molecule has 3 nitrogen and oxygen atoms in total. The second kappa shape index (κ2) is 6.67. The summed E-state index contributed by atoms with van der Waals surface area (Å²) in [5.74, 6) is 1.15. The Bertz CT molecular complexity index is 659. The normalized spacial score (nSPS) is 16.1. The van der Waals surface area contributed by atoms with Crippen LogP contribution in [0.5, 0.6) is 0 Å². The SMILES string of the molecule is CC(C)c1ccc(F)cc1-c1ccc(N2CCN(C)CC2)nc1. The first-order chi connectivity index (χ1) is 11.0. The minimum Gasteiger partial charge on any atom is -0.354 e. The molecule has 0 atom stereocenters. The molecule has 1 aliphatic heterocycles. The van der Waals surface area contributed by atoms with Gasteiger partial charge in [0.1, 0.15) is 11.6 Å². The van der Waals surface area contributed by atoms with E-state index >= 15 is 0 Å². The highest BCUT2D eigenvalue weighted by atomic mass is 19.1. The third kappa shape index (κ3) is 3.53. The standard InChI is InChI=1S/C19H24FN3/c1-14(2)17-6-5-16(20)12-18(17)15-4-7-19(21-13-15)23-10-8-22(3)9-11-23/h4-7,12-14H,8-11H2,1-3H3. The molecular weight excluding hydrogens is 289 g/mol. The zero-order valence-corrected chi connectivity index (χ0v) is 14.1. The van der Waals surface area contributed by atoms with Crippen molar-refractivity contribution in [3.8, 4) is 11.1 Å². The topological polar surface area (TPSA) is 19.4 Å². The molecule has 0 radical (unpaired) electrons. The molecule has 0 spiro atoms. The zero-order chi connectivity index (χ0) is 16.4. The maximum atomic E-state index is 13.7. The lowest BCUT2D eigenvalue weighted by molar-refractivity contribution is 0.312. The first kappa shape index (κ1) is 15.9. The average Bonchev–Trinajstić information content (AvgIpc) is 2.55. The summed E-state index contributed by atoms with van der Waals surface area (Å²) in [5.41, 5.74) is 3.07. The summed E-state index contributed by atoms with van der Waals surface area (Å²) in [6.07, 6.45) is 1.87. The fourth-order valence-corrected chi connectivity index (χ4v) is 3.05. The molecule has 0 aliphatic carbocycles. The van der Waals surface area contributed by atoms with Crippen LogP contribution >= 0.6 is 0 Å². The molecule has 1 saturated heterocycles. The Morgan fingerprint density at radius 3 is 2.39 bits per heavy atom. The van der Waals surface area contributed by atoms with E-state index in [1.807, 2.05) is 12.3 Å². The summed E-state index contributed by atoms with van der Waals surface area (Å²) in [7, 11) is 2.14. The number of rotatable bonds is 3. The van der Waals surface area contributed by atoms with E-state index in [-0.39, 0.29) is 5.82 Å². The number of halogens is 1. The summed E-state index contributed by atoms with van der Waals surface area (Å²) >= 11 is 0. The van der Waals surface area contributed by atoms with Crippen molar-refractivity contribution in [2.45, 2.75) is 19.8 Å². The Kier molecular flexibility index (Phi) is 4.62. The molecule has 0 unspecified atom stereocenters. The van der Waals surface area contributed by atoms with Crippen LogP contribution in [0, 0.1) is 5.82 Å². The predicted octanol–water partition coefficient (Wildman–Crippen LogP) is 3.76. The zero-order valence-electron chi connectivity index (χ0n) is 14.1. The van der Waals surface area contributed by atoms with Gasteiger partial charge in [-0.05, 0) is 48.4 Å². The summed E-state index contributed by atoms with van der Waals surface area (Å²) in [6.45, 7) is 8.38. The van der Waals surface area contributed by atoms with Crippen LogP contribution in [0.3, 0.4) is 0 Å². The van der Waals surface area contributed by atoms with Crippen LogP contribution in [0.25, 0.3) is 11.1 Å². The van der Waals surface area contributed by atoms with Crippen LogP contribution in [0.4, 0.5) is 10.2 Å². The minimum atomic E-state index is -0.201. The van der Waals surface area contributed by atoms with E-state index in [1.54, 1.807) is 6.07 Å². The molecule has 0 amide bonds. The van der Waals surface area contributed by atoms with Crippen LogP contribution in [-0.4, -0.2) is 43.1 Å². The van der Waals surface area contributed by atoms with E-state index in [0.717, 1.165) is 48.7 Å². The van der Waals surface area contributed by atoms with Crippen molar-refractivity contribution in [3.63, 3.8) is 0 Å². The molecule has 1 fully saturated rings. The summed E-state index contributed by atoms with van der Waals surface area (Å²) in [5, 5.41) is 0. The van der Waals surface area contributed by atoms with Crippen LogP contribution in [0.1, 0.15) is 25.3 Å². The third-order valence-corrected chi connectivity index (χ3v) is 4.52. The maximum Gasteiger partial charge on any atom is 0.128 e. The second-order valence-electron chi connectivity index (χ2n) is 6.58. The quantitative estimate of drug-likeness (QED) is 0.860. The summed E-state index contributed by atoms with van der Waals surface area (Å²) in [6, 6.07) is 9.13. The van der Waals surface area contributed by atoms with Gasteiger partial charge in [-0.1, -0.05) is 19.9 Å². The van der Waals surface area contributed by atoms with E-state index in [4.69, 9.17) is 0 Å². The van der Waals surface area contributed by atoms with Crippen molar-refractivity contribution < 1.29 is 4.39 Å². The second-order valence-corrected chi connectivity index (χ2v) is 6.58. The highest BCUT2D eigenvalue weighted by Gasteiger charge is 2.16. The Balaban J connectivity index is 1.86. The van der Waals surface area contributed by atoms with Gasteiger partial charge in [0, 0.05) is 37.9 Å². The number of likely N-dealkylation sites (N-methyl/N-ethyl adjacent to an activating group) is 1. The van der Waals surface area contributed by atoms with Crippen molar-refractivity contribution >= 4 is 5.82 Å². The lowest BCUT2D eigenvalue weighted by Gasteiger charge is -2.33. The van der Waals surface area contributed by atoms with Gasteiger partial charge in [-0.25, -0.2) is 9.37 Å². The number of nitrogens with zero attached hydrogens (tertiary/aromatic N) is 3. The molecule has 2 aromatic rings. The Morgan fingerprint density at radius 1 is 1.04 bits per heavy atom. The van der Waals surface area contributed by atoms with E-state index in [2.05, 4.69) is 47.8 Å². The van der Waals surface area contributed by atoms with Crippen LogP contribution < -0.4 is 4.90 Å². The van der Waals surface area contributed by atoms with Crippen LogP contribution in [-0.2, 0) is 0 Å². The van der Waals surface area contributed by atoms with Gasteiger partial charge in [0.2, 0.25) is 0 Å². The van der Waals surface area contributed by atoms with Gasteiger partial charge in [-0.15, -0.1) is 0 Å². The molecular formula is C19H24FN3. The molecule has 3 rings (SSSR count). The molecule has 0 N–H and O–H groups in total. The molecule has 2 heterocycles. The van der Waals surface area contributed by atoms with Gasteiger partial charge in [0.05, 0.1) is 0 Å². The fourth-order valence-electron chi connectivity index (χ4n) is 3.05. The monoisotopic (exact) mass is 313 g/mol. The van der Waals surface area contributed by atoms with E-state index < -0.39 is 0 Å². The number of aromatic nitrogens is 1. The molecule has 23 heavy (non-hydrogen) atoms. The third-order valence-electron chi connectivity index (χ3n) is 4.52. The first-order valence-electron chi connectivity index (χ1n) is 8.24. The first-order valence-corrected chi connectivity index (χ1v) is 8.24. The average molecular weight is 313 g/mol. The highest BCUT2D eigenvalue weighted by molar-refractivity contribution is 5.68. The minimum absolute atomic E-state index is 0.201. The van der Waals surface area contributed by atoms with Gasteiger partial charge in [-0.2, -0.15) is 0 Å². The predicted molar refractivity (Wildman–Crippen MR) is 93.4 cm³/mol. The molecule has 1 aliphatic rings. The van der Waals surface area contributed by atoms with Crippen molar-refractivity contribution in [2.24, 2.45) is 0 Å². The van der Waals surface area contributed by atoms with E-state index in [1.165, 1.54) is 6.07 Å². The number of hydrogen-bond donors (Lipinski definition) is 0. The number of pyridine rings is 1. The molecule has 1 aromatic carbocycles. The van der Waals surface area contributed by atoms with Crippen LogP contribution in [0.2, 0.25) is 0 Å². The molecule has 0 bridgehead atoms. The Hall–Kier alpha value is -1.94. The number of benzene rings is 1. The van der Waals surface area contributed by atoms with Gasteiger partial charge in [0.15, 0.2) is 0 Å². The van der Waals surface area contributed by atoms with Gasteiger partial charge < -0.3 is 9.80 Å². The summed E-state index contributed by atoms with van der Waals surface area (Å²) < 4.78 is 13.7. The van der Waals surface area contributed by atoms with Gasteiger partial charge in [-0.3, -0.25) is 0 Å². The lowest BCUT2D eigenvalue weighted by Crippen LogP contribution is -2.44. The van der Waals surface area contributed by atoms with Crippen molar-refractivity contribution in [1.29, 1.82) is 0 Å². The van der Waals surface area contributed by atoms with Crippen molar-refractivity contribution in [1.82, 2.24) is 9.88 Å². The van der Waals surface area contributed by atoms with E-state index in [0.29, 0.717) is 5.92 Å². The van der Waals surface area contributed by atoms with Gasteiger partial charge in [0.25, 0.3) is 0 Å². The summed E-state index contributed by atoms with van der Waals surface area (Å²) in [4.78, 5) is 9.25. The van der Waals surface area contributed by atoms with Crippen molar-refractivity contribution in [3.05, 3.63) is 47.9 Å². The molecule has 4 heteroatoms. The fraction of sp³-hybridized carbons (Fsp3) is 0.421. The number of piperazine rings is 1. The van der Waals surface area contributed by atoms with Crippen LogP contribution in [0.15, 0.2) is 36.5 Å². The number of anilines is 1. The largest absolute Gasteiger partial charge is 0.354 e. The van der Waals surface area contributed by atoms with Crippen molar-refractivity contribution in [2.75, 3.05) is 38.1 Å². The molecule has 1 aromatic heterocycles. The Morgan fingerprint density at radius 2 is 1.78 bits per heavy atom. The van der Waals surface area contributed by atoms with Gasteiger partial charge >= 0.3 is 0 Å². The highest BCUT2D eigenvalue weighted by Crippen LogP contribution is 2.30. The smallest absolute Gasteiger partial charge is 0.128 e. The lowest BCUT2D eigenvalue weighted by atomic mass is 9.93. The van der Waals surface area contributed by atoms with E-state index in [9.17, 15) is 4.39 Å².